The van der Waals surface area contributed by atoms with E-state index in [9.17, 15) is 9.59 Å². The molecule has 132 valence electrons. The molecule has 1 aliphatic rings. The highest BCUT2D eigenvalue weighted by atomic mass is 16.6. The molecule has 0 spiro atoms. The molecule has 0 aliphatic carbocycles. The molecule has 24 heavy (non-hydrogen) atoms. The number of anilines is 1. The quantitative estimate of drug-likeness (QED) is 0.788. The molecule has 5 nitrogen and oxygen atoms in total. The molecule has 1 saturated heterocycles. The Morgan fingerprint density at radius 2 is 1.96 bits per heavy atom. The maximum atomic E-state index is 12.6. The zero-order valence-electron chi connectivity index (χ0n) is 14.8. The SMILES string of the molecule is CCCCC(CC)C1C(C(C)C(N)=O)OC(=O)N1c1ccccc1. The average Bonchev–Trinajstić information content (AvgIpc) is 2.92. The van der Waals surface area contributed by atoms with E-state index in [1.54, 1.807) is 11.8 Å². The number of cyclic esters (lactones) is 1. The van der Waals surface area contributed by atoms with Crippen LogP contribution in [0.25, 0.3) is 0 Å². The van der Waals surface area contributed by atoms with Crippen molar-refractivity contribution in [1.29, 1.82) is 0 Å². The summed E-state index contributed by atoms with van der Waals surface area (Å²) in [5, 5.41) is 0. The number of rotatable bonds is 8. The summed E-state index contributed by atoms with van der Waals surface area (Å²) >= 11 is 0. The first-order valence-electron chi connectivity index (χ1n) is 8.85. The largest absolute Gasteiger partial charge is 0.443 e. The summed E-state index contributed by atoms with van der Waals surface area (Å²) in [5.74, 6) is -0.676. The van der Waals surface area contributed by atoms with Crippen LogP contribution >= 0.6 is 0 Å². The van der Waals surface area contributed by atoms with Gasteiger partial charge >= 0.3 is 6.09 Å². The Labute approximate surface area is 144 Å². The molecular formula is C19H28N2O3. The highest BCUT2D eigenvalue weighted by Gasteiger charge is 2.49. The van der Waals surface area contributed by atoms with E-state index in [0.29, 0.717) is 0 Å². The van der Waals surface area contributed by atoms with Gasteiger partial charge in [0.15, 0.2) is 0 Å². The number of para-hydroxylation sites is 1. The Morgan fingerprint density at radius 3 is 2.50 bits per heavy atom. The lowest BCUT2D eigenvalue weighted by molar-refractivity contribution is -0.124. The van der Waals surface area contributed by atoms with Crippen LogP contribution in [0, 0.1) is 11.8 Å². The minimum Gasteiger partial charge on any atom is -0.443 e. The second-order valence-electron chi connectivity index (χ2n) is 6.55. The van der Waals surface area contributed by atoms with Gasteiger partial charge in [-0.2, -0.15) is 0 Å². The fraction of sp³-hybridized carbons (Fsp3) is 0.579. The summed E-state index contributed by atoms with van der Waals surface area (Å²) < 4.78 is 5.61. The zero-order chi connectivity index (χ0) is 17.7. The smallest absolute Gasteiger partial charge is 0.415 e. The minimum absolute atomic E-state index is 0.168. The van der Waals surface area contributed by atoms with Crippen molar-refractivity contribution >= 4 is 17.7 Å². The molecule has 2 rings (SSSR count). The molecule has 0 saturated carbocycles. The number of hydrogen-bond acceptors (Lipinski definition) is 3. The standard InChI is InChI=1S/C19H28N2O3/c1-4-6-10-14(5-2)16-17(13(3)18(20)22)24-19(23)21(16)15-11-8-7-9-12-15/h7-9,11-14,16-17H,4-6,10H2,1-3H3,(H2,20,22). The molecule has 1 fully saturated rings. The van der Waals surface area contributed by atoms with Crippen LogP contribution in [0.15, 0.2) is 30.3 Å². The second-order valence-corrected chi connectivity index (χ2v) is 6.55. The van der Waals surface area contributed by atoms with Gasteiger partial charge < -0.3 is 10.5 Å². The number of nitrogens with two attached hydrogens (primary N) is 1. The van der Waals surface area contributed by atoms with Crippen molar-refractivity contribution in [3.05, 3.63) is 30.3 Å². The molecule has 1 heterocycles. The van der Waals surface area contributed by atoms with E-state index in [1.165, 1.54) is 0 Å². The summed E-state index contributed by atoms with van der Waals surface area (Å²) in [5.41, 5.74) is 6.31. The molecule has 4 unspecified atom stereocenters. The summed E-state index contributed by atoms with van der Waals surface area (Å²) in [7, 11) is 0. The molecule has 2 amide bonds. The first kappa shape index (κ1) is 18.3. The van der Waals surface area contributed by atoms with E-state index in [1.807, 2.05) is 30.3 Å². The lowest BCUT2D eigenvalue weighted by Crippen LogP contribution is -2.47. The number of unbranched alkanes of at least 4 members (excludes halogenated alkanes) is 1. The van der Waals surface area contributed by atoms with Crippen LogP contribution in [0.2, 0.25) is 0 Å². The molecule has 2 N–H and O–H groups in total. The third-order valence-electron chi connectivity index (χ3n) is 4.98. The molecule has 5 heteroatoms. The van der Waals surface area contributed by atoms with Crippen molar-refractivity contribution in [2.75, 3.05) is 4.90 Å². The normalized spacial score (nSPS) is 23.0. The minimum atomic E-state index is -0.511. The number of nitrogens with zero attached hydrogens (tertiary/aromatic N) is 1. The van der Waals surface area contributed by atoms with Gasteiger partial charge in [0.1, 0.15) is 6.10 Å². The molecule has 0 radical (unpaired) electrons. The molecule has 1 aromatic carbocycles. The van der Waals surface area contributed by atoms with Gasteiger partial charge in [-0.3, -0.25) is 9.69 Å². The van der Waals surface area contributed by atoms with Gasteiger partial charge in [0.05, 0.1) is 12.0 Å². The number of hydrogen-bond donors (Lipinski definition) is 1. The summed E-state index contributed by atoms with van der Waals surface area (Å²) in [6.07, 6.45) is 3.21. The van der Waals surface area contributed by atoms with Crippen LogP contribution in [-0.4, -0.2) is 24.1 Å². The van der Waals surface area contributed by atoms with Crippen molar-refractivity contribution < 1.29 is 14.3 Å². The van der Waals surface area contributed by atoms with E-state index in [0.717, 1.165) is 31.4 Å². The molecular weight excluding hydrogens is 304 g/mol. The second kappa shape index (κ2) is 8.18. The molecule has 0 bridgehead atoms. The van der Waals surface area contributed by atoms with E-state index >= 15 is 0 Å². The fourth-order valence-corrected chi connectivity index (χ4v) is 3.50. The van der Waals surface area contributed by atoms with Gasteiger partial charge in [0.25, 0.3) is 0 Å². The Balaban J connectivity index is 2.39. The summed E-state index contributed by atoms with van der Waals surface area (Å²) in [4.78, 5) is 26.0. The van der Waals surface area contributed by atoms with Gasteiger partial charge in [-0.1, -0.05) is 51.3 Å². The molecule has 1 aliphatic heterocycles. The maximum absolute atomic E-state index is 12.6. The topological polar surface area (TPSA) is 72.6 Å². The average molecular weight is 332 g/mol. The highest BCUT2D eigenvalue weighted by Crippen LogP contribution is 2.37. The van der Waals surface area contributed by atoms with Crippen LogP contribution in [-0.2, 0) is 9.53 Å². The zero-order valence-corrected chi connectivity index (χ0v) is 14.8. The molecule has 0 aromatic heterocycles. The Bertz CT molecular complexity index is 561. The van der Waals surface area contributed by atoms with Crippen LogP contribution in [0.5, 0.6) is 0 Å². The molecule has 4 atom stereocenters. The van der Waals surface area contributed by atoms with Crippen molar-refractivity contribution in [3.63, 3.8) is 0 Å². The monoisotopic (exact) mass is 332 g/mol. The summed E-state index contributed by atoms with van der Waals surface area (Å²) in [6, 6.07) is 9.35. The third kappa shape index (κ3) is 3.71. The number of carbonyl (C=O) groups is 2. The van der Waals surface area contributed by atoms with Crippen LogP contribution < -0.4 is 10.6 Å². The maximum Gasteiger partial charge on any atom is 0.415 e. The van der Waals surface area contributed by atoms with Crippen LogP contribution in [0.1, 0.15) is 46.5 Å². The van der Waals surface area contributed by atoms with Gasteiger partial charge in [-0.05, 0) is 31.4 Å². The van der Waals surface area contributed by atoms with Gasteiger partial charge in [-0.15, -0.1) is 0 Å². The molecule has 1 aromatic rings. The predicted octanol–water partition coefficient (Wildman–Crippen LogP) is 3.72. The predicted molar refractivity (Wildman–Crippen MR) is 94.6 cm³/mol. The third-order valence-corrected chi connectivity index (χ3v) is 4.98. The fourth-order valence-electron chi connectivity index (χ4n) is 3.50. The number of benzene rings is 1. The Morgan fingerprint density at radius 1 is 1.29 bits per heavy atom. The number of amides is 2. The van der Waals surface area contributed by atoms with Gasteiger partial charge in [-0.25, -0.2) is 4.79 Å². The van der Waals surface area contributed by atoms with Crippen LogP contribution in [0.3, 0.4) is 0 Å². The van der Waals surface area contributed by atoms with Gasteiger partial charge in [0, 0.05) is 5.69 Å². The van der Waals surface area contributed by atoms with Crippen molar-refractivity contribution in [2.24, 2.45) is 17.6 Å². The Kier molecular flexibility index (Phi) is 6.23. The number of carbonyl (C=O) groups excluding carboxylic acids is 2. The highest BCUT2D eigenvalue weighted by molar-refractivity contribution is 5.91. The number of ether oxygens (including phenoxy) is 1. The van der Waals surface area contributed by atoms with Crippen molar-refractivity contribution in [3.8, 4) is 0 Å². The lowest BCUT2D eigenvalue weighted by atomic mass is 9.83. The lowest BCUT2D eigenvalue weighted by Gasteiger charge is -2.33. The van der Waals surface area contributed by atoms with E-state index in [-0.39, 0.29) is 18.1 Å². The first-order chi connectivity index (χ1) is 11.5. The van der Waals surface area contributed by atoms with E-state index < -0.39 is 17.9 Å². The van der Waals surface area contributed by atoms with Crippen LogP contribution in [0.4, 0.5) is 10.5 Å². The first-order valence-corrected chi connectivity index (χ1v) is 8.85. The number of primary amides is 1. The Hall–Kier alpha value is -2.04. The summed E-state index contributed by atoms with van der Waals surface area (Å²) in [6.45, 7) is 6.02. The van der Waals surface area contributed by atoms with Crippen molar-refractivity contribution in [1.82, 2.24) is 0 Å². The van der Waals surface area contributed by atoms with Crippen molar-refractivity contribution in [2.45, 2.75) is 58.6 Å². The van der Waals surface area contributed by atoms with Gasteiger partial charge in [0.2, 0.25) is 5.91 Å². The van der Waals surface area contributed by atoms with E-state index in [2.05, 4.69) is 13.8 Å². The van der Waals surface area contributed by atoms with E-state index in [4.69, 9.17) is 10.5 Å².